The molecule has 18 heteroatoms. The Morgan fingerprint density at radius 3 is 2.85 bits per heavy atom. The summed E-state index contributed by atoms with van der Waals surface area (Å²) < 4.78 is 61.9. The van der Waals surface area contributed by atoms with Gasteiger partial charge in [0.1, 0.15) is 59.8 Å². The lowest BCUT2D eigenvalue weighted by molar-refractivity contribution is 0.107. The number of rotatable bonds is 5. The number of anilines is 2. The minimum Gasteiger partial charge on any atom is -0.488 e. The van der Waals surface area contributed by atoms with Crippen LogP contribution in [0.4, 0.5) is 28.8 Å². The van der Waals surface area contributed by atoms with Gasteiger partial charge in [0.2, 0.25) is 0 Å². The molecule has 2 N–H and O–H groups in total. The first-order valence-corrected chi connectivity index (χ1v) is 19.5. The Hall–Kier alpha value is -4.92. The van der Waals surface area contributed by atoms with Crippen LogP contribution in [0.25, 0.3) is 32.1 Å². The van der Waals surface area contributed by atoms with Gasteiger partial charge in [-0.2, -0.15) is 25.0 Å². The van der Waals surface area contributed by atoms with Crippen LogP contribution in [0, 0.1) is 23.0 Å². The van der Waals surface area contributed by atoms with E-state index in [1.807, 2.05) is 17.9 Å². The molecule has 3 saturated heterocycles. The Labute approximate surface area is 322 Å². The van der Waals surface area contributed by atoms with E-state index in [1.165, 1.54) is 29.5 Å². The maximum absolute atomic E-state index is 17.6. The summed E-state index contributed by atoms with van der Waals surface area (Å²) in [5, 5.41) is 14.4. The van der Waals surface area contributed by atoms with Gasteiger partial charge in [-0.1, -0.05) is 24.6 Å². The summed E-state index contributed by atoms with van der Waals surface area (Å²) in [5.41, 5.74) is 5.50. The molecular formula is C37H36ClF3N10O3S. The number of nitriles is 1. The number of hydrogen-bond donors (Lipinski definition) is 1. The molecule has 4 atom stereocenters. The number of alkyl halides is 1. The van der Waals surface area contributed by atoms with Crippen LogP contribution in [0.5, 0.6) is 11.8 Å². The maximum atomic E-state index is 17.6. The van der Waals surface area contributed by atoms with Gasteiger partial charge < -0.3 is 25.0 Å². The molecule has 1 amide bonds. The van der Waals surface area contributed by atoms with Crippen molar-refractivity contribution < 1.29 is 27.4 Å². The lowest BCUT2D eigenvalue weighted by Crippen LogP contribution is -2.44. The summed E-state index contributed by atoms with van der Waals surface area (Å²) >= 11 is 8.12. The Kier molecular flexibility index (Phi) is 8.89. The van der Waals surface area contributed by atoms with E-state index in [2.05, 4.69) is 20.0 Å². The number of thiophene rings is 1. The Balaban J connectivity index is 1.24. The number of fused-ring (bicyclic) bond motifs is 4. The molecule has 4 aliphatic rings. The van der Waals surface area contributed by atoms with Crippen LogP contribution >= 0.6 is 22.9 Å². The number of halogens is 4. The SMILES string of the molecule is CCC1C[C@H]2CCN(C(=O)n3cncn3)CCN2c2nc(OC[C@@]34CCCN3C[C@H](F)C4)nc3c(F)c(-c4ccc(F)c5sc(N)c(C#N)c45)c(Cl)c(c23)O1. The summed E-state index contributed by atoms with van der Waals surface area (Å²) in [4.78, 5) is 32.8. The molecule has 0 radical (unpaired) electrons. The van der Waals surface area contributed by atoms with Crippen molar-refractivity contribution >= 4 is 60.8 Å². The van der Waals surface area contributed by atoms with E-state index in [0.717, 1.165) is 30.7 Å². The highest BCUT2D eigenvalue weighted by Gasteiger charge is 2.49. The van der Waals surface area contributed by atoms with Gasteiger partial charge in [-0.3, -0.25) is 4.90 Å². The van der Waals surface area contributed by atoms with Crippen molar-refractivity contribution in [3.05, 3.63) is 47.0 Å². The molecule has 1 unspecified atom stereocenters. The smallest absolute Gasteiger partial charge is 0.346 e. The van der Waals surface area contributed by atoms with Crippen LogP contribution in [0.2, 0.25) is 5.02 Å². The number of ether oxygens (including phenoxy) is 2. The van der Waals surface area contributed by atoms with E-state index >= 15 is 8.78 Å². The highest BCUT2D eigenvalue weighted by atomic mass is 35.5. The normalized spacial score (nSPS) is 23.9. The average molecular weight is 793 g/mol. The van der Waals surface area contributed by atoms with Gasteiger partial charge >= 0.3 is 12.0 Å². The van der Waals surface area contributed by atoms with E-state index in [0.29, 0.717) is 51.1 Å². The van der Waals surface area contributed by atoms with Gasteiger partial charge in [0.15, 0.2) is 11.6 Å². The number of amides is 1. The van der Waals surface area contributed by atoms with Gasteiger partial charge in [0, 0.05) is 56.0 Å². The molecule has 0 aliphatic carbocycles. The van der Waals surface area contributed by atoms with Gasteiger partial charge in [0.25, 0.3) is 0 Å². The Morgan fingerprint density at radius 2 is 2.07 bits per heavy atom. The quantitative estimate of drug-likeness (QED) is 0.206. The summed E-state index contributed by atoms with van der Waals surface area (Å²) in [6.45, 7) is 4.17. The van der Waals surface area contributed by atoms with Crippen molar-refractivity contribution in [2.24, 2.45) is 0 Å². The number of carbonyl (C=O) groups is 1. The second kappa shape index (κ2) is 13.7. The third-order valence-corrected chi connectivity index (χ3v) is 13.0. The van der Waals surface area contributed by atoms with Crippen LogP contribution in [0.3, 0.4) is 0 Å². The summed E-state index contributed by atoms with van der Waals surface area (Å²) in [6, 6.07) is 3.97. The summed E-state index contributed by atoms with van der Waals surface area (Å²) in [5.74, 6) is -1.02. The molecule has 5 aromatic rings. The largest absolute Gasteiger partial charge is 0.488 e. The van der Waals surface area contributed by atoms with Crippen LogP contribution in [0.15, 0.2) is 24.8 Å². The van der Waals surface area contributed by atoms with Gasteiger partial charge in [-0.15, -0.1) is 11.3 Å². The highest BCUT2D eigenvalue weighted by molar-refractivity contribution is 7.23. The molecule has 0 bridgehead atoms. The van der Waals surface area contributed by atoms with E-state index < -0.39 is 29.4 Å². The molecular weight excluding hydrogens is 757 g/mol. The number of benzene rings is 2. The topological polar surface area (TPSA) is 152 Å². The second-order valence-electron chi connectivity index (χ2n) is 14.6. The predicted molar refractivity (Wildman–Crippen MR) is 200 cm³/mol. The zero-order chi connectivity index (χ0) is 38.2. The number of nitrogen functional groups attached to an aromatic ring is 1. The Morgan fingerprint density at radius 1 is 1.22 bits per heavy atom. The zero-order valence-electron chi connectivity index (χ0n) is 29.8. The number of carbonyl (C=O) groups excluding carboxylic acids is 1. The van der Waals surface area contributed by atoms with Gasteiger partial charge in [-0.05, 0) is 43.9 Å². The molecule has 4 aliphatic heterocycles. The zero-order valence-corrected chi connectivity index (χ0v) is 31.3. The summed E-state index contributed by atoms with van der Waals surface area (Å²) in [6.07, 6.45) is 4.86. The molecule has 0 saturated carbocycles. The van der Waals surface area contributed by atoms with Crippen LogP contribution in [-0.4, -0.2) is 104 Å². The minimum absolute atomic E-state index is 0.00740. The number of hydrogen-bond acceptors (Lipinski definition) is 12. The van der Waals surface area contributed by atoms with Crippen LogP contribution < -0.4 is 20.1 Å². The molecule has 2 aromatic carbocycles. The molecule has 13 nitrogen and oxygen atoms in total. The second-order valence-corrected chi connectivity index (χ2v) is 16.1. The van der Waals surface area contributed by atoms with E-state index in [4.69, 9.17) is 31.8 Å². The first kappa shape index (κ1) is 35.8. The van der Waals surface area contributed by atoms with E-state index in [1.54, 1.807) is 4.90 Å². The molecule has 55 heavy (non-hydrogen) atoms. The average Bonchev–Trinajstić information content (AvgIpc) is 3.94. The molecule has 3 fully saturated rings. The molecule has 286 valence electrons. The first-order chi connectivity index (χ1) is 26.6. The predicted octanol–water partition coefficient (Wildman–Crippen LogP) is 6.55. The van der Waals surface area contributed by atoms with Gasteiger partial charge in [-0.25, -0.2) is 22.9 Å². The Bertz CT molecular complexity index is 2390. The van der Waals surface area contributed by atoms with Crippen molar-refractivity contribution in [3.63, 3.8) is 0 Å². The van der Waals surface area contributed by atoms with Crippen molar-refractivity contribution in [3.8, 4) is 29.0 Å². The van der Waals surface area contributed by atoms with Crippen molar-refractivity contribution in [1.29, 1.82) is 5.26 Å². The van der Waals surface area contributed by atoms with Crippen LogP contribution in [0.1, 0.15) is 51.0 Å². The van der Waals surface area contributed by atoms with Crippen molar-refractivity contribution in [1.82, 2.24) is 34.5 Å². The van der Waals surface area contributed by atoms with Gasteiger partial charge in [0.05, 0.1) is 26.2 Å². The lowest BCUT2D eigenvalue weighted by Gasteiger charge is -2.37. The molecule has 3 aromatic heterocycles. The number of nitrogens with two attached hydrogens (primary N) is 1. The fourth-order valence-corrected chi connectivity index (χ4v) is 10.2. The standard InChI is InChI=1S/C37H36ClF3N10O3S/c1-2-21-12-20-6-9-48(36(52)51-18-44-17-45-51)10-11-50(20)34-27-30(46-35(47-34)53-16-37-7-3-8-49(37)15-19(39)13-37)29(41)26(28(38)31(27)54-21)22-4-5-24(40)32-25(22)23(14-42)33(43)55-32/h4-5,17-21H,2-3,6-13,15-16,43H2,1H3/t19-,20-,21?,37+/m1/s1. The molecule has 9 rings (SSSR count). The van der Waals surface area contributed by atoms with Crippen molar-refractivity contribution in [2.45, 2.75) is 69.3 Å². The fraction of sp³-hybridized carbons (Fsp3) is 0.459. The minimum atomic E-state index is -0.985. The van der Waals surface area contributed by atoms with E-state index in [9.17, 15) is 14.4 Å². The monoisotopic (exact) mass is 792 g/mol. The van der Waals surface area contributed by atoms with Crippen molar-refractivity contribution in [2.75, 3.05) is 50.0 Å². The van der Waals surface area contributed by atoms with Crippen LogP contribution in [-0.2, 0) is 0 Å². The fourth-order valence-electron chi connectivity index (χ4n) is 8.93. The first-order valence-electron chi connectivity index (χ1n) is 18.3. The highest BCUT2D eigenvalue weighted by Crippen LogP contribution is 2.52. The lowest BCUT2D eigenvalue weighted by atomic mass is 9.95. The number of aromatic nitrogens is 5. The third-order valence-electron chi connectivity index (χ3n) is 11.6. The molecule has 0 spiro atoms. The summed E-state index contributed by atoms with van der Waals surface area (Å²) in [7, 11) is 0. The number of nitrogens with zero attached hydrogens (tertiary/aromatic N) is 9. The molecule has 7 heterocycles. The maximum Gasteiger partial charge on any atom is 0.346 e. The van der Waals surface area contributed by atoms with E-state index in [-0.39, 0.29) is 84.7 Å². The third kappa shape index (κ3) is 5.79.